The molecule has 1 aliphatic rings. The summed E-state index contributed by atoms with van der Waals surface area (Å²) in [5.41, 5.74) is 3.27. The molecule has 1 N–H and O–H groups in total. The molecule has 0 aliphatic carbocycles. The number of anilines is 1. The largest absolute Gasteiger partial charge is 0.508 e. The highest BCUT2D eigenvalue weighted by Crippen LogP contribution is 2.20. The van der Waals surface area contributed by atoms with Crippen LogP contribution in [-0.2, 0) is 0 Å². The third-order valence-electron chi connectivity index (χ3n) is 5.04. The van der Waals surface area contributed by atoms with Gasteiger partial charge in [-0.2, -0.15) is 5.10 Å². The highest BCUT2D eigenvalue weighted by Gasteiger charge is 2.16. The van der Waals surface area contributed by atoms with Gasteiger partial charge < -0.3 is 10.0 Å². The van der Waals surface area contributed by atoms with E-state index in [1.54, 1.807) is 35.3 Å². The Morgan fingerprint density at radius 2 is 1.75 bits per heavy atom. The Labute approximate surface area is 164 Å². The summed E-state index contributed by atoms with van der Waals surface area (Å²) in [5.74, 6) is 0.898. The van der Waals surface area contributed by atoms with Crippen molar-refractivity contribution >= 4 is 11.8 Å². The van der Waals surface area contributed by atoms with Crippen molar-refractivity contribution in [2.45, 2.75) is 6.92 Å². The van der Waals surface area contributed by atoms with Crippen molar-refractivity contribution in [2.75, 3.05) is 37.6 Å². The number of rotatable bonds is 5. The molecule has 1 saturated heterocycles. The van der Waals surface area contributed by atoms with Crippen LogP contribution in [0.1, 0.15) is 11.3 Å². The predicted molar refractivity (Wildman–Crippen MR) is 110 cm³/mol. The van der Waals surface area contributed by atoms with Crippen LogP contribution in [0.2, 0.25) is 0 Å². The smallest absolute Gasteiger partial charge is 0.250 e. The molecule has 7 heteroatoms. The van der Waals surface area contributed by atoms with Crippen LogP contribution in [0, 0.1) is 6.92 Å². The fourth-order valence-electron chi connectivity index (χ4n) is 3.37. The normalized spacial score (nSPS) is 15.4. The van der Waals surface area contributed by atoms with Gasteiger partial charge in [0.1, 0.15) is 5.75 Å². The van der Waals surface area contributed by atoms with Crippen LogP contribution in [0.4, 0.5) is 5.69 Å². The van der Waals surface area contributed by atoms with Gasteiger partial charge in [-0.15, -0.1) is 0 Å². The molecule has 3 heterocycles. The molecular formula is C21H24N6O. The molecule has 0 atom stereocenters. The molecule has 1 aliphatic heterocycles. The molecule has 1 aromatic carbocycles. The zero-order valence-electron chi connectivity index (χ0n) is 15.9. The summed E-state index contributed by atoms with van der Waals surface area (Å²) in [6, 6.07) is 9.23. The van der Waals surface area contributed by atoms with Gasteiger partial charge in [-0.05, 0) is 37.3 Å². The van der Waals surface area contributed by atoms with E-state index in [4.69, 9.17) is 0 Å². The van der Waals surface area contributed by atoms with Crippen molar-refractivity contribution in [3.05, 3.63) is 66.3 Å². The molecule has 3 aromatic rings. The topological polar surface area (TPSA) is 70.3 Å². The van der Waals surface area contributed by atoms with E-state index in [1.165, 1.54) is 5.69 Å². The number of piperazine rings is 1. The number of phenolic OH excluding ortho intramolecular Hbond substituents is 1. The van der Waals surface area contributed by atoms with Crippen LogP contribution < -0.4 is 4.90 Å². The second-order valence-electron chi connectivity index (χ2n) is 6.85. The first-order chi connectivity index (χ1) is 13.7. The summed E-state index contributed by atoms with van der Waals surface area (Å²) in [5, 5.41) is 13.8. The van der Waals surface area contributed by atoms with Gasteiger partial charge in [-0.3, -0.25) is 4.90 Å². The number of hydrogen-bond acceptors (Lipinski definition) is 6. The second-order valence-corrected chi connectivity index (χ2v) is 6.85. The fourth-order valence-corrected chi connectivity index (χ4v) is 3.37. The van der Waals surface area contributed by atoms with Crippen LogP contribution in [0.3, 0.4) is 0 Å². The lowest BCUT2D eigenvalue weighted by Crippen LogP contribution is -2.46. The molecule has 0 bridgehead atoms. The average molecular weight is 376 g/mol. The number of nitrogens with zero attached hydrogens (tertiary/aromatic N) is 6. The van der Waals surface area contributed by atoms with Gasteiger partial charge in [-0.25, -0.2) is 14.6 Å². The lowest BCUT2D eigenvalue weighted by Gasteiger charge is -2.35. The fraction of sp³-hybridized carbons (Fsp3) is 0.286. The highest BCUT2D eigenvalue weighted by molar-refractivity contribution is 5.52. The van der Waals surface area contributed by atoms with Crippen molar-refractivity contribution in [1.29, 1.82) is 0 Å². The Balaban J connectivity index is 1.31. The van der Waals surface area contributed by atoms with Gasteiger partial charge in [0.15, 0.2) is 0 Å². The number of aromatic hydroxyl groups is 1. The van der Waals surface area contributed by atoms with Gasteiger partial charge >= 0.3 is 0 Å². The lowest BCUT2D eigenvalue weighted by molar-refractivity contribution is 0.284. The monoisotopic (exact) mass is 376 g/mol. The third-order valence-corrected chi connectivity index (χ3v) is 5.04. The summed E-state index contributed by atoms with van der Waals surface area (Å²) < 4.78 is 1.76. The minimum absolute atomic E-state index is 0.310. The Hall–Kier alpha value is -3.19. The Morgan fingerprint density at radius 1 is 1.04 bits per heavy atom. The van der Waals surface area contributed by atoms with Crippen molar-refractivity contribution < 1.29 is 5.11 Å². The van der Waals surface area contributed by atoms with E-state index in [0.29, 0.717) is 11.7 Å². The van der Waals surface area contributed by atoms with Gasteiger partial charge in [0.05, 0.1) is 11.9 Å². The van der Waals surface area contributed by atoms with Crippen LogP contribution >= 0.6 is 0 Å². The van der Waals surface area contributed by atoms with E-state index in [2.05, 4.69) is 37.0 Å². The maximum Gasteiger partial charge on any atom is 0.250 e. The first-order valence-electron chi connectivity index (χ1n) is 9.45. The minimum atomic E-state index is 0.310. The zero-order valence-corrected chi connectivity index (χ0v) is 15.9. The summed E-state index contributed by atoms with van der Waals surface area (Å²) in [4.78, 5) is 13.3. The Bertz CT molecular complexity index is 927. The van der Waals surface area contributed by atoms with Gasteiger partial charge in [0, 0.05) is 56.4 Å². The first kappa shape index (κ1) is 18.2. The molecule has 0 radical (unpaired) electrons. The molecular weight excluding hydrogens is 352 g/mol. The highest BCUT2D eigenvalue weighted by atomic mass is 16.3. The average Bonchev–Trinajstić information content (AvgIpc) is 3.10. The molecule has 1 fully saturated rings. The van der Waals surface area contributed by atoms with Gasteiger partial charge in [0.25, 0.3) is 5.95 Å². The van der Waals surface area contributed by atoms with Crippen molar-refractivity contribution in [1.82, 2.24) is 24.6 Å². The van der Waals surface area contributed by atoms with Crippen LogP contribution in [0.25, 0.3) is 12.0 Å². The van der Waals surface area contributed by atoms with E-state index in [0.717, 1.165) is 44.0 Å². The van der Waals surface area contributed by atoms with E-state index >= 15 is 0 Å². The summed E-state index contributed by atoms with van der Waals surface area (Å²) in [6.07, 6.45) is 9.60. The van der Waals surface area contributed by atoms with Crippen molar-refractivity contribution in [3.63, 3.8) is 0 Å². The van der Waals surface area contributed by atoms with Crippen LogP contribution in [0.5, 0.6) is 5.75 Å². The minimum Gasteiger partial charge on any atom is -0.508 e. The van der Waals surface area contributed by atoms with E-state index in [9.17, 15) is 5.11 Å². The molecule has 144 valence electrons. The maximum atomic E-state index is 9.43. The van der Waals surface area contributed by atoms with Crippen molar-refractivity contribution in [2.24, 2.45) is 0 Å². The predicted octanol–water partition coefficient (Wildman–Crippen LogP) is 2.51. The van der Waals surface area contributed by atoms with E-state index in [1.807, 2.05) is 25.3 Å². The molecule has 4 rings (SSSR count). The lowest BCUT2D eigenvalue weighted by atomic mass is 10.2. The summed E-state index contributed by atoms with van der Waals surface area (Å²) in [6.45, 7) is 6.94. The molecule has 0 spiro atoms. The van der Waals surface area contributed by atoms with Gasteiger partial charge in [0.2, 0.25) is 0 Å². The van der Waals surface area contributed by atoms with Crippen LogP contribution in [-0.4, -0.2) is 62.5 Å². The quantitative estimate of drug-likeness (QED) is 0.738. The van der Waals surface area contributed by atoms with Crippen LogP contribution in [0.15, 0.2) is 55.0 Å². The maximum absolute atomic E-state index is 9.43. The Kier molecular flexibility index (Phi) is 5.34. The number of benzene rings is 1. The molecule has 28 heavy (non-hydrogen) atoms. The number of aromatic nitrogens is 4. The van der Waals surface area contributed by atoms with Gasteiger partial charge in [-0.1, -0.05) is 12.2 Å². The van der Waals surface area contributed by atoms with E-state index in [-0.39, 0.29) is 0 Å². The second kappa shape index (κ2) is 8.22. The molecule has 0 saturated carbocycles. The van der Waals surface area contributed by atoms with Crippen molar-refractivity contribution in [3.8, 4) is 11.7 Å². The SMILES string of the molecule is Cc1c(C=CCN2CCN(c3ccc(O)cc3)CC2)cnn1-c1ncccn1. The molecule has 0 unspecified atom stereocenters. The number of phenols is 1. The first-order valence-corrected chi connectivity index (χ1v) is 9.45. The summed E-state index contributed by atoms with van der Waals surface area (Å²) in [7, 11) is 0. The molecule has 0 amide bonds. The zero-order chi connectivity index (χ0) is 19.3. The Morgan fingerprint density at radius 3 is 2.46 bits per heavy atom. The molecule has 2 aromatic heterocycles. The summed E-state index contributed by atoms with van der Waals surface area (Å²) >= 11 is 0. The van der Waals surface area contributed by atoms with E-state index < -0.39 is 0 Å². The molecule has 7 nitrogen and oxygen atoms in total. The third kappa shape index (κ3) is 4.04. The number of hydrogen-bond donors (Lipinski definition) is 1. The standard InChI is InChI=1S/C21H24N6O/c1-17-18(16-24-27(17)21-22-9-3-10-23-21)4-2-11-25-12-14-26(15-13-25)19-5-7-20(28)8-6-19/h2-10,16,28H,11-15H2,1H3.